The maximum Gasteiger partial charge on any atom is 0.394 e. The average molecular weight is 317 g/mol. The van der Waals surface area contributed by atoms with E-state index in [-0.39, 0.29) is 5.69 Å². The molecule has 0 radical (unpaired) electrons. The zero-order valence-electron chi connectivity index (χ0n) is 12.6. The Morgan fingerprint density at radius 1 is 0.870 bits per heavy atom. The summed E-state index contributed by atoms with van der Waals surface area (Å²) in [4.78, 5) is 12.6. The molecule has 0 spiro atoms. The van der Waals surface area contributed by atoms with Gasteiger partial charge in [-0.15, -0.1) is 0 Å². The molecule has 3 aromatic heterocycles. The number of nitrogens with zero attached hydrogens (tertiary/aromatic N) is 3. The number of fused-ring (bicyclic) bond motifs is 1. The van der Waals surface area contributed by atoms with Gasteiger partial charge < -0.3 is 0 Å². The van der Waals surface area contributed by atoms with E-state index in [0.717, 1.165) is 22.0 Å². The maximum absolute atomic E-state index is 12.4. The second-order valence-electron chi connectivity index (χ2n) is 5.52. The number of alkyl halides is 3. The van der Waals surface area contributed by atoms with Crippen molar-refractivity contribution in [3.05, 3.63) is 53.7 Å². The standard InChI is InChI=1S/C17H14F3N3/c1-10-3-14(6-17(18,19)20)22-9-15(10)16-5-13-7-21-11(2)4-12(13)8-23-16/h3-5,7-9H,6H2,1-2H3. The highest BCUT2D eigenvalue weighted by molar-refractivity contribution is 5.85. The molecule has 0 N–H and O–H groups in total. The van der Waals surface area contributed by atoms with Gasteiger partial charge >= 0.3 is 6.18 Å². The molecule has 0 aromatic carbocycles. The minimum atomic E-state index is -4.26. The van der Waals surface area contributed by atoms with Crippen LogP contribution in [0.2, 0.25) is 0 Å². The van der Waals surface area contributed by atoms with Gasteiger partial charge in [0.25, 0.3) is 0 Å². The van der Waals surface area contributed by atoms with Crippen molar-refractivity contribution in [1.29, 1.82) is 0 Å². The van der Waals surface area contributed by atoms with Crippen LogP contribution in [0.4, 0.5) is 13.2 Å². The monoisotopic (exact) mass is 317 g/mol. The van der Waals surface area contributed by atoms with E-state index < -0.39 is 12.6 Å². The summed E-state index contributed by atoms with van der Waals surface area (Å²) in [5.74, 6) is 0. The first kappa shape index (κ1) is 15.4. The first-order valence-electron chi connectivity index (χ1n) is 7.07. The number of halogens is 3. The van der Waals surface area contributed by atoms with Crippen LogP contribution in [0.15, 0.2) is 36.8 Å². The number of aryl methyl sites for hydroxylation is 2. The molecule has 0 fully saturated rings. The van der Waals surface area contributed by atoms with Crippen LogP contribution >= 0.6 is 0 Å². The van der Waals surface area contributed by atoms with Crippen molar-refractivity contribution in [2.45, 2.75) is 26.4 Å². The molecule has 3 heterocycles. The normalized spacial score (nSPS) is 11.9. The molecule has 0 aliphatic carbocycles. The molecule has 0 atom stereocenters. The van der Waals surface area contributed by atoms with Crippen molar-refractivity contribution in [3.8, 4) is 11.3 Å². The van der Waals surface area contributed by atoms with Crippen LogP contribution in [0.1, 0.15) is 17.0 Å². The molecule has 3 rings (SSSR count). The Balaban J connectivity index is 2.00. The van der Waals surface area contributed by atoms with Gasteiger partial charge in [0.2, 0.25) is 0 Å². The zero-order valence-corrected chi connectivity index (χ0v) is 12.6. The average Bonchev–Trinajstić information content (AvgIpc) is 2.45. The Hall–Kier alpha value is -2.50. The highest BCUT2D eigenvalue weighted by atomic mass is 19.4. The van der Waals surface area contributed by atoms with Gasteiger partial charge in [-0.05, 0) is 37.6 Å². The molecule has 0 amide bonds. The summed E-state index contributed by atoms with van der Waals surface area (Å²) in [7, 11) is 0. The Morgan fingerprint density at radius 3 is 2.26 bits per heavy atom. The van der Waals surface area contributed by atoms with Crippen LogP contribution in [0.5, 0.6) is 0 Å². The van der Waals surface area contributed by atoms with Crippen LogP contribution in [0.25, 0.3) is 22.0 Å². The lowest BCUT2D eigenvalue weighted by molar-refractivity contribution is -0.127. The molecule has 23 heavy (non-hydrogen) atoms. The van der Waals surface area contributed by atoms with Crippen molar-refractivity contribution >= 4 is 10.8 Å². The van der Waals surface area contributed by atoms with E-state index in [2.05, 4.69) is 15.0 Å². The third-order valence-electron chi connectivity index (χ3n) is 3.56. The van der Waals surface area contributed by atoms with Crippen molar-refractivity contribution in [2.75, 3.05) is 0 Å². The van der Waals surface area contributed by atoms with E-state index in [1.807, 2.05) is 19.1 Å². The minimum Gasteiger partial charge on any atom is -0.261 e. The summed E-state index contributed by atoms with van der Waals surface area (Å²) >= 11 is 0. The third-order valence-corrected chi connectivity index (χ3v) is 3.56. The van der Waals surface area contributed by atoms with Crippen LogP contribution in [-0.2, 0) is 6.42 Å². The van der Waals surface area contributed by atoms with E-state index >= 15 is 0 Å². The van der Waals surface area contributed by atoms with Gasteiger partial charge in [-0.1, -0.05) is 0 Å². The molecule has 6 heteroatoms. The fourth-order valence-electron chi connectivity index (χ4n) is 2.48. The second kappa shape index (κ2) is 5.61. The van der Waals surface area contributed by atoms with Crippen LogP contribution in [0.3, 0.4) is 0 Å². The Labute approximate surface area is 131 Å². The van der Waals surface area contributed by atoms with Gasteiger partial charge in [0.05, 0.1) is 12.1 Å². The topological polar surface area (TPSA) is 38.7 Å². The van der Waals surface area contributed by atoms with Gasteiger partial charge in [-0.3, -0.25) is 15.0 Å². The summed E-state index contributed by atoms with van der Waals surface area (Å²) in [6.07, 6.45) is -0.334. The van der Waals surface area contributed by atoms with Crippen LogP contribution in [-0.4, -0.2) is 21.1 Å². The molecule has 0 saturated heterocycles. The SMILES string of the molecule is Cc1cc2cnc(-c3cnc(CC(F)(F)F)cc3C)cc2cn1. The third kappa shape index (κ3) is 3.47. The number of hydrogen-bond acceptors (Lipinski definition) is 3. The van der Waals surface area contributed by atoms with Gasteiger partial charge in [-0.2, -0.15) is 13.2 Å². The van der Waals surface area contributed by atoms with Crippen molar-refractivity contribution in [3.63, 3.8) is 0 Å². The molecule has 3 aromatic rings. The predicted molar refractivity (Wildman–Crippen MR) is 82.0 cm³/mol. The minimum absolute atomic E-state index is 0.0110. The smallest absolute Gasteiger partial charge is 0.261 e. The lowest BCUT2D eigenvalue weighted by atomic mass is 10.0. The van der Waals surface area contributed by atoms with Crippen LogP contribution < -0.4 is 0 Å². The molecule has 0 saturated carbocycles. The van der Waals surface area contributed by atoms with Gasteiger partial charge in [-0.25, -0.2) is 0 Å². The van der Waals surface area contributed by atoms with E-state index in [1.165, 1.54) is 12.3 Å². The van der Waals surface area contributed by atoms with E-state index in [0.29, 0.717) is 11.3 Å². The fraction of sp³-hybridized carbons (Fsp3) is 0.235. The zero-order chi connectivity index (χ0) is 16.6. The summed E-state index contributed by atoms with van der Waals surface area (Å²) in [5, 5.41) is 1.90. The summed E-state index contributed by atoms with van der Waals surface area (Å²) < 4.78 is 37.3. The largest absolute Gasteiger partial charge is 0.394 e. The molecule has 118 valence electrons. The fourth-order valence-corrected chi connectivity index (χ4v) is 2.48. The van der Waals surface area contributed by atoms with E-state index in [4.69, 9.17) is 0 Å². The summed E-state index contributed by atoms with van der Waals surface area (Å²) in [5.41, 5.74) is 3.02. The second-order valence-corrected chi connectivity index (χ2v) is 5.52. The Bertz CT molecular complexity index is 873. The molecule has 3 nitrogen and oxygen atoms in total. The summed E-state index contributed by atoms with van der Waals surface area (Å²) in [6, 6.07) is 5.26. The predicted octanol–water partition coefficient (Wildman–Crippen LogP) is 4.41. The van der Waals surface area contributed by atoms with E-state index in [9.17, 15) is 13.2 Å². The molecular weight excluding hydrogens is 303 g/mol. The van der Waals surface area contributed by atoms with Crippen molar-refractivity contribution in [2.24, 2.45) is 0 Å². The first-order valence-corrected chi connectivity index (χ1v) is 7.07. The van der Waals surface area contributed by atoms with Gasteiger partial charge in [0, 0.05) is 46.3 Å². The lowest BCUT2D eigenvalue weighted by Gasteiger charge is -2.10. The molecule has 0 aliphatic rings. The molecule has 0 bridgehead atoms. The number of rotatable bonds is 2. The number of pyridine rings is 3. The highest BCUT2D eigenvalue weighted by Crippen LogP contribution is 2.26. The van der Waals surface area contributed by atoms with Crippen molar-refractivity contribution < 1.29 is 13.2 Å². The van der Waals surface area contributed by atoms with Crippen LogP contribution in [0, 0.1) is 13.8 Å². The Morgan fingerprint density at radius 2 is 1.57 bits per heavy atom. The first-order chi connectivity index (χ1) is 10.8. The highest BCUT2D eigenvalue weighted by Gasteiger charge is 2.28. The quantitative estimate of drug-likeness (QED) is 0.702. The number of aromatic nitrogens is 3. The lowest BCUT2D eigenvalue weighted by Crippen LogP contribution is -2.13. The van der Waals surface area contributed by atoms with E-state index in [1.54, 1.807) is 19.3 Å². The van der Waals surface area contributed by atoms with Gasteiger partial charge in [0.1, 0.15) is 0 Å². The summed E-state index contributed by atoms with van der Waals surface area (Å²) in [6.45, 7) is 3.66. The molecule has 0 unspecified atom stereocenters. The molecule has 0 aliphatic heterocycles. The number of hydrogen-bond donors (Lipinski definition) is 0. The molecular formula is C17H14F3N3. The Kier molecular flexibility index (Phi) is 3.75. The van der Waals surface area contributed by atoms with Gasteiger partial charge in [0.15, 0.2) is 0 Å². The maximum atomic E-state index is 12.4. The van der Waals surface area contributed by atoms with Crippen molar-refractivity contribution in [1.82, 2.24) is 15.0 Å².